The van der Waals surface area contributed by atoms with Gasteiger partial charge in [-0.1, -0.05) is 6.92 Å². The Labute approximate surface area is 103 Å². The lowest BCUT2D eigenvalue weighted by Gasteiger charge is -2.09. The minimum atomic E-state index is -0.428. The van der Waals surface area contributed by atoms with Gasteiger partial charge in [-0.05, 0) is 12.1 Å². The molecule has 1 aromatic heterocycles. The van der Waals surface area contributed by atoms with Crippen LogP contribution in [0.5, 0.6) is 0 Å². The molecule has 2 rings (SSSR count). The summed E-state index contributed by atoms with van der Waals surface area (Å²) in [6.45, 7) is 2.22. The highest BCUT2D eigenvalue weighted by Crippen LogP contribution is 2.22. The van der Waals surface area contributed by atoms with Crippen LogP contribution in [0.1, 0.15) is 6.92 Å². The first kappa shape index (κ1) is 12.1. The normalized spacial score (nSPS) is 12.5. The minimum Gasteiger partial charge on any atom is -0.369 e. The lowest BCUT2D eigenvalue weighted by atomic mass is 10.1. The standard InChI is InChI=1S/C12H13N3O3/c1-8(12(13)16)7-14-5-4-9-6-10(15(17)18)2-3-11(9)14/h2-6,8H,7H2,1H3,(H2,13,16). The monoisotopic (exact) mass is 247 g/mol. The van der Waals surface area contributed by atoms with Crippen LogP contribution in [-0.2, 0) is 11.3 Å². The molecule has 6 heteroatoms. The number of hydrogen-bond acceptors (Lipinski definition) is 3. The summed E-state index contributed by atoms with van der Waals surface area (Å²) in [7, 11) is 0. The van der Waals surface area contributed by atoms with E-state index < -0.39 is 4.92 Å². The summed E-state index contributed by atoms with van der Waals surface area (Å²) in [6.07, 6.45) is 1.80. The van der Waals surface area contributed by atoms with Gasteiger partial charge in [0.1, 0.15) is 0 Å². The van der Waals surface area contributed by atoms with E-state index in [1.54, 1.807) is 25.3 Å². The molecule has 1 aromatic carbocycles. The van der Waals surface area contributed by atoms with E-state index in [0.717, 1.165) is 10.9 Å². The van der Waals surface area contributed by atoms with Crippen molar-refractivity contribution in [2.45, 2.75) is 13.5 Å². The Kier molecular flexibility index (Phi) is 3.01. The average molecular weight is 247 g/mol. The van der Waals surface area contributed by atoms with E-state index >= 15 is 0 Å². The maximum absolute atomic E-state index is 11.0. The first-order valence-electron chi connectivity index (χ1n) is 5.51. The quantitative estimate of drug-likeness (QED) is 0.658. The van der Waals surface area contributed by atoms with Crippen LogP contribution in [0.4, 0.5) is 5.69 Å². The van der Waals surface area contributed by atoms with Crippen molar-refractivity contribution < 1.29 is 9.72 Å². The molecule has 2 aromatic rings. The van der Waals surface area contributed by atoms with Crippen molar-refractivity contribution in [2.24, 2.45) is 11.7 Å². The number of carbonyl (C=O) groups excluding carboxylic acids is 1. The number of nitrogens with two attached hydrogens (primary N) is 1. The van der Waals surface area contributed by atoms with Gasteiger partial charge < -0.3 is 10.3 Å². The van der Waals surface area contributed by atoms with Crippen LogP contribution < -0.4 is 5.73 Å². The summed E-state index contributed by atoms with van der Waals surface area (Å²) in [4.78, 5) is 21.3. The fourth-order valence-electron chi connectivity index (χ4n) is 1.85. The second-order valence-corrected chi connectivity index (χ2v) is 4.27. The second-order valence-electron chi connectivity index (χ2n) is 4.27. The molecule has 6 nitrogen and oxygen atoms in total. The molecule has 0 spiro atoms. The number of hydrogen-bond donors (Lipinski definition) is 1. The van der Waals surface area contributed by atoms with Crippen molar-refractivity contribution in [3.05, 3.63) is 40.6 Å². The van der Waals surface area contributed by atoms with E-state index in [1.807, 2.05) is 4.57 Å². The molecule has 0 bridgehead atoms. The summed E-state index contributed by atoms with van der Waals surface area (Å²) in [5.41, 5.74) is 6.13. The SMILES string of the molecule is CC(Cn1ccc2cc([N+](=O)[O-])ccc21)C(N)=O. The highest BCUT2D eigenvalue weighted by Gasteiger charge is 2.12. The van der Waals surface area contributed by atoms with E-state index in [-0.39, 0.29) is 17.5 Å². The van der Waals surface area contributed by atoms with Crippen molar-refractivity contribution in [2.75, 3.05) is 0 Å². The summed E-state index contributed by atoms with van der Waals surface area (Å²) in [6, 6.07) is 6.44. The van der Waals surface area contributed by atoms with Gasteiger partial charge in [0.15, 0.2) is 0 Å². The fourth-order valence-corrected chi connectivity index (χ4v) is 1.85. The van der Waals surface area contributed by atoms with Crippen molar-refractivity contribution >= 4 is 22.5 Å². The molecule has 1 amide bonds. The Morgan fingerprint density at radius 1 is 1.50 bits per heavy atom. The summed E-state index contributed by atoms with van der Waals surface area (Å²) < 4.78 is 1.87. The molecule has 2 N–H and O–H groups in total. The molecule has 0 aliphatic rings. The van der Waals surface area contributed by atoms with Crippen LogP contribution in [0.15, 0.2) is 30.5 Å². The van der Waals surface area contributed by atoms with Gasteiger partial charge >= 0.3 is 0 Å². The lowest BCUT2D eigenvalue weighted by molar-refractivity contribution is -0.384. The molecule has 0 radical (unpaired) electrons. The Balaban J connectivity index is 2.37. The minimum absolute atomic E-state index is 0.0585. The van der Waals surface area contributed by atoms with E-state index in [4.69, 9.17) is 5.73 Å². The van der Waals surface area contributed by atoms with Crippen LogP contribution in [0.25, 0.3) is 10.9 Å². The van der Waals surface area contributed by atoms with Crippen molar-refractivity contribution in [1.29, 1.82) is 0 Å². The number of benzene rings is 1. The Morgan fingerprint density at radius 2 is 2.22 bits per heavy atom. The van der Waals surface area contributed by atoms with Crippen LogP contribution >= 0.6 is 0 Å². The third kappa shape index (κ3) is 2.17. The Hall–Kier alpha value is -2.37. The largest absolute Gasteiger partial charge is 0.369 e. The van der Waals surface area contributed by atoms with Gasteiger partial charge in [0, 0.05) is 35.8 Å². The van der Waals surface area contributed by atoms with Crippen molar-refractivity contribution in [3.63, 3.8) is 0 Å². The molecule has 0 fully saturated rings. The molecule has 1 atom stereocenters. The molecule has 1 unspecified atom stereocenters. The highest BCUT2D eigenvalue weighted by molar-refractivity contribution is 5.83. The number of nitro benzene ring substituents is 1. The third-order valence-corrected chi connectivity index (χ3v) is 2.92. The molecular formula is C12H13N3O3. The van der Waals surface area contributed by atoms with E-state index in [2.05, 4.69) is 0 Å². The number of fused-ring (bicyclic) bond motifs is 1. The summed E-state index contributed by atoms with van der Waals surface area (Å²) in [5.74, 6) is -0.644. The molecule has 0 saturated heterocycles. The Bertz CT molecular complexity index is 618. The first-order valence-corrected chi connectivity index (χ1v) is 5.51. The summed E-state index contributed by atoms with van der Waals surface area (Å²) in [5, 5.41) is 11.4. The van der Waals surface area contributed by atoms with Gasteiger partial charge in [-0.2, -0.15) is 0 Å². The second kappa shape index (κ2) is 4.48. The molecule has 18 heavy (non-hydrogen) atoms. The number of nitrogens with zero attached hydrogens (tertiary/aromatic N) is 2. The summed E-state index contributed by atoms with van der Waals surface area (Å²) >= 11 is 0. The topological polar surface area (TPSA) is 91.2 Å². The number of rotatable bonds is 4. The van der Waals surface area contributed by atoms with Gasteiger partial charge in [0.25, 0.3) is 5.69 Å². The van der Waals surface area contributed by atoms with Gasteiger partial charge in [0.05, 0.1) is 10.8 Å². The van der Waals surface area contributed by atoms with Gasteiger partial charge in [-0.3, -0.25) is 14.9 Å². The first-order chi connectivity index (χ1) is 8.49. The van der Waals surface area contributed by atoms with Gasteiger partial charge in [-0.25, -0.2) is 0 Å². The Morgan fingerprint density at radius 3 is 2.83 bits per heavy atom. The van der Waals surface area contributed by atoms with Crippen LogP contribution in [0.3, 0.4) is 0 Å². The van der Waals surface area contributed by atoms with Crippen LogP contribution in [-0.4, -0.2) is 15.4 Å². The number of primary amides is 1. The zero-order chi connectivity index (χ0) is 13.3. The molecule has 1 heterocycles. The molecule has 0 saturated carbocycles. The van der Waals surface area contributed by atoms with E-state index in [9.17, 15) is 14.9 Å². The van der Waals surface area contributed by atoms with Crippen molar-refractivity contribution in [3.8, 4) is 0 Å². The predicted octanol–water partition coefficient (Wildman–Crippen LogP) is 1.67. The number of amides is 1. The molecule has 94 valence electrons. The van der Waals surface area contributed by atoms with Gasteiger partial charge in [0.2, 0.25) is 5.91 Å². The van der Waals surface area contributed by atoms with E-state index in [1.165, 1.54) is 12.1 Å². The smallest absolute Gasteiger partial charge is 0.270 e. The van der Waals surface area contributed by atoms with Gasteiger partial charge in [-0.15, -0.1) is 0 Å². The number of non-ortho nitro benzene ring substituents is 1. The lowest BCUT2D eigenvalue weighted by Crippen LogP contribution is -2.24. The number of nitro groups is 1. The number of aromatic nitrogens is 1. The fraction of sp³-hybridized carbons (Fsp3) is 0.250. The molecule has 0 aliphatic carbocycles. The maximum Gasteiger partial charge on any atom is 0.270 e. The molecular weight excluding hydrogens is 234 g/mol. The van der Waals surface area contributed by atoms with Crippen LogP contribution in [0, 0.1) is 16.0 Å². The molecule has 0 aliphatic heterocycles. The zero-order valence-electron chi connectivity index (χ0n) is 9.87. The van der Waals surface area contributed by atoms with Crippen molar-refractivity contribution in [1.82, 2.24) is 4.57 Å². The highest BCUT2D eigenvalue weighted by atomic mass is 16.6. The third-order valence-electron chi connectivity index (χ3n) is 2.92. The zero-order valence-corrected chi connectivity index (χ0v) is 9.87. The average Bonchev–Trinajstić information content (AvgIpc) is 2.71. The van der Waals surface area contributed by atoms with Crippen LogP contribution in [0.2, 0.25) is 0 Å². The van der Waals surface area contributed by atoms with E-state index in [0.29, 0.717) is 6.54 Å². The maximum atomic E-state index is 11.0. The predicted molar refractivity (Wildman–Crippen MR) is 67.0 cm³/mol. The number of carbonyl (C=O) groups is 1.